The zero-order valence-electron chi connectivity index (χ0n) is 16.9. The number of aldehydes is 1. The largest absolute Gasteiger partial charge is 0.309 e. The number of allylic oxidation sites excluding steroid dienone is 4. The molecule has 0 N–H and O–H groups in total. The lowest BCUT2D eigenvalue weighted by molar-refractivity contribution is -0.105. The number of hydrogen-bond acceptors (Lipinski definition) is 2. The van der Waals surface area contributed by atoms with Gasteiger partial charge in [0.25, 0.3) is 0 Å². The number of hydrogen-bond donors (Lipinski definition) is 0. The zero-order chi connectivity index (χ0) is 18.8. The van der Waals surface area contributed by atoms with E-state index in [0.29, 0.717) is 17.3 Å². The molecule has 0 spiro atoms. The molecule has 0 aliphatic heterocycles. The molecule has 0 radical (unpaired) electrons. The van der Waals surface area contributed by atoms with E-state index in [4.69, 9.17) is 0 Å². The second-order valence-electron chi connectivity index (χ2n) is 10.2. The molecule has 1 heterocycles. The molecule has 6 atom stereocenters. The summed E-state index contributed by atoms with van der Waals surface area (Å²) in [5, 5.41) is 0. The van der Waals surface area contributed by atoms with E-state index in [2.05, 4.69) is 36.4 Å². The normalized spacial score (nSPS) is 43.6. The van der Waals surface area contributed by atoms with Crippen LogP contribution in [0.4, 0.5) is 0 Å². The SMILES string of the molecule is C[C@H]1CC[C@@]2(C)C(=CC[C@@H]3[C@@H]2CC[C@]2(C)C(n4ccnc4)=C(C=O)C[C@@H]32)C1. The summed E-state index contributed by atoms with van der Waals surface area (Å²) in [7, 11) is 0. The van der Waals surface area contributed by atoms with Gasteiger partial charge in [0.2, 0.25) is 0 Å². The lowest BCUT2D eigenvalue weighted by Crippen LogP contribution is -2.49. The molecular weight excluding hydrogens is 332 g/mol. The van der Waals surface area contributed by atoms with E-state index in [-0.39, 0.29) is 5.41 Å². The number of fused-ring (bicyclic) bond motifs is 5. The van der Waals surface area contributed by atoms with Gasteiger partial charge in [-0.2, -0.15) is 0 Å². The van der Waals surface area contributed by atoms with Gasteiger partial charge in [0, 0.05) is 29.1 Å². The Bertz CT molecular complexity index is 819. The molecule has 27 heavy (non-hydrogen) atoms. The molecule has 2 fully saturated rings. The van der Waals surface area contributed by atoms with Crippen LogP contribution < -0.4 is 0 Å². The standard InChI is InChI=1S/C24H32N2O/c1-16-6-8-23(2)18(12-16)4-5-19-20(23)7-9-24(3)21(19)13-17(14-27)22(24)26-11-10-25-15-26/h4,10-11,14-16,19-21H,5-9,12-13H2,1-3H3/t16-,19+,20-,21-,23-,24-/m0/s1. The molecule has 1 aromatic heterocycles. The van der Waals surface area contributed by atoms with E-state index < -0.39 is 0 Å². The van der Waals surface area contributed by atoms with Crippen LogP contribution in [0.15, 0.2) is 35.9 Å². The molecule has 1 aromatic rings. The highest BCUT2D eigenvalue weighted by Gasteiger charge is 2.58. The molecular formula is C24H32N2O. The average molecular weight is 365 g/mol. The highest BCUT2D eigenvalue weighted by atomic mass is 16.1. The third-order valence-electron chi connectivity index (χ3n) is 8.93. The van der Waals surface area contributed by atoms with Crippen LogP contribution in [0.3, 0.4) is 0 Å². The topological polar surface area (TPSA) is 34.9 Å². The monoisotopic (exact) mass is 364 g/mol. The van der Waals surface area contributed by atoms with Crippen molar-refractivity contribution in [2.45, 2.75) is 65.7 Å². The Hall–Kier alpha value is -1.64. The van der Waals surface area contributed by atoms with Crippen molar-refractivity contribution in [3.8, 4) is 0 Å². The molecule has 0 amide bonds. The Balaban J connectivity index is 1.53. The maximum atomic E-state index is 12.0. The van der Waals surface area contributed by atoms with Gasteiger partial charge >= 0.3 is 0 Å². The van der Waals surface area contributed by atoms with Crippen molar-refractivity contribution in [2.75, 3.05) is 0 Å². The molecule has 4 aliphatic rings. The van der Waals surface area contributed by atoms with Gasteiger partial charge in [-0.15, -0.1) is 0 Å². The van der Waals surface area contributed by atoms with E-state index in [0.717, 1.165) is 30.1 Å². The van der Waals surface area contributed by atoms with Gasteiger partial charge in [-0.1, -0.05) is 32.4 Å². The molecule has 2 saturated carbocycles. The minimum absolute atomic E-state index is 0.0990. The predicted molar refractivity (Wildman–Crippen MR) is 108 cm³/mol. The van der Waals surface area contributed by atoms with Crippen LogP contribution in [0.2, 0.25) is 0 Å². The van der Waals surface area contributed by atoms with Gasteiger partial charge in [0.1, 0.15) is 6.29 Å². The molecule has 5 rings (SSSR count). The Morgan fingerprint density at radius 3 is 2.70 bits per heavy atom. The summed E-state index contributed by atoms with van der Waals surface area (Å²) in [5.41, 5.74) is 4.49. The molecule has 144 valence electrons. The van der Waals surface area contributed by atoms with E-state index >= 15 is 0 Å². The number of rotatable bonds is 2. The van der Waals surface area contributed by atoms with Crippen LogP contribution in [0.5, 0.6) is 0 Å². The number of carbonyl (C=O) groups excluding carboxylic acids is 1. The van der Waals surface area contributed by atoms with Crippen LogP contribution in [-0.4, -0.2) is 15.8 Å². The molecule has 0 bridgehead atoms. The lowest BCUT2D eigenvalue weighted by Gasteiger charge is -2.57. The highest BCUT2D eigenvalue weighted by Crippen LogP contribution is 2.66. The fourth-order valence-electron chi connectivity index (χ4n) is 7.49. The summed E-state index contributed by atoms with van der Waals surface area (Å²) < 4.78 is 2.12. The van der Waals surface area contributed by atoms with Crippen molar-refractivity contribution < 1.29 is 4.79 Å². The van der Waals surface area contributed by atoms with Crippen LogP contribution in [-0.2, 0) is 4.79 Å². The van der Waals surface area contributed by atoms with Gasteiger partial charge < -0.3 is 4.57 Å². The fourth-order valence-corrected chi connectivity index (χ4v) is 7.49. The van der Waals surface area contributed by atoms with E-state index in [1.165, 1.54) is 44.2 Å². The van der Waals surface area contributed by atoms with Gasteiger partial charge in [-0.05, 0) is 74.0 Å². The van der Waals surface area contributed by atoms with Crippen molar-refractivity contribution in [3.05, 3.63) is 35.9 Å². The number of nitrogens with zero attached hydrogens (tertiary/aromatic N) is 2. The van der Waals surface area contributed by atoms with Crippen LogP contribution in [0.25, 0.3) is 5.70 Å². The van der Waals surface area contributed by atoms with Crippen molar-refractivity contribution in [3.63, 3.8) is 0 Å². The fraction of sp³-hybridized carbons (Fsp3) is 0.667. The Labute approximate surface area is 162 Å². The minimum Gasteiger partial charge on any atom is -0.309 e. The molecule has 4 aliphatic carbocycles. The van der Waals surface area contributed by atoms with Crippen molar-refractivity contribution in [1.82, 2.24) is 9.55 Å². The van der Waals surface area contributed by atoms with Crippen LogP contribution in [0.1, 0.15) is 65.7 Å². The second kappa shape index (κ2) is 5.93. The molecule has 0 aromatic carbocycles. The Morgan fingerprint density at radius 1 is 1.15 bits per heavy atom. The number of aromatic nitrogens is 2. The Morgan fingerprint density at radius 2 is 1.96 bits per heavy atom. The molecule has 3 nitrogen and oxygen atoms in total. The van der Waals surface area contributed by atoms with Crippen molar-refractivity contribution >= 4 is 12.0 Å². The summed E-state index contributed by atoms with van der Waals surface area (Å²) in [4.78, 5) is 16.2. The lowest BCUT2D eigenvalue weighted by atomic mass is 9.47. The predicted octanol–water partition coefficient (Wildman–Crippen LogP) is 5.50. The third-order valence-corrected chi connectivity index (χ3v) is 8.93. The number of carbonyl (C=O) groups is 1. The first kappa shape index (κ1) is 17.5. The van der Waals surface area contributed by atoms with E-state index in [1.807, 2.05) is 18.7 Å². The van der Waals surface area contributed by atoms with Gasteiger partial charge in [-0.25, -0.2) is 4.98 Å². The van der Waals surface area contributed by atoms with Gasteiger partial charge in [0.15, 0.2) is 0 Å². The second-order valence-corrected chi connectivity index (χ2v) is 10.2. The van der Waals surface area contributed by atoms with Crippen molar-refractivity contribution in [2.24, 2.45) is 34.5 Å². The van der Waals surface area contributed by atoms with Crippen LogP contribution >= 0.6 is 0 Å². The minimum atomic E-state index is 0.0990. The first-order valence-corrected chi connectivity index (χ1v) is 10.8. The Kier molecular flexibility index (Phi) is 3.83. The maximum Gasteiger partial charge on any atom is 0.147 e. The van der Waals surface area contributed by atoms with Gasteiger partial charge in [-0.3, -0.25) is 4.79 Å². The molecule has 0 saturated heterocycles. The number of imidazole rings is 1. The van der Waals surface area contributed by atoms with Crippen molar-refractivity contribution in [1.29, 1.82) is 0 Å². The van der Waals surface area contributed by atoms with Gasteiger partial charge in [0.05, 0.1) is 6.33 Å². The summed E-state index contributed by atoms with van der Waals surface area (Å²) in [6.45, 7) is 7.40. The summed E-state index contributed by atoms with van der Waals surface area (Å²) in [5.74, 6) is 2.93. The van der Waals surface area contributed by atoms with E-state index in [1.54, 1.807) is 5.57 Å². The van der Waals surface area contributed by atoms with E-state index in [9.17, 15) is 4.79 Å². The summed E-state index contributed by atoms with van der Waals surface area (Å²) in [6, 6.07) is 0. The maximum absolute atomic E-state index is 12.0. The smallest absolute Gasteiger partial charge is 0.147 e. The quantitative estimate of drug-likeness (QED) is 0.513. The first-order valence-electron chi connectivity index (χ1n) is 10.8. The first-order chi connectivity index (χ1) is 13.0. The summed E-state index contributed by atoms with van der Waals surface area (Å²) in [6.07, 6.45) is 18.1. The third kappa shape index (κ3) is 2.33. The van der Waals surface area contributed by atoms with Crippen LogP contribution in [0, 0.1) is 34.5 Å². The summed E-state index contributed by atoms with van der Waals surface area (Å²) >= 11 is 0. The molecule has 0 unspecified atom stereocenters. The average Bonchev–Trinajstić information content (AvgIpc) is 3.26. The highest BCUT2D eigenvalue weighted by molar-refractivity contribution is 5.86. The molecule has 3 heteroatoms. The zero-order valence-corrected chi connectivity index (χ0v) is 16.9.